The molecule has 0 amide bonds. The normalized spacial score (nSPS) is 45.6. The first-order valence-corrected chi connectivity index (χ1v) is 4.69. The summed E-state index contributed by atoms with van der Waals surface area (Å²) in [6, 6.07) is 0. The lowest BCUT2D eigenvalue weighted by molar-refractivity contribution is 0.172. The van der Waals surface area contributed by atoms with Crippen molar-refractivity contribution in [1.29, 1.82) is 0 Å². The van der Waals surface area contributed by atoms with Crippen LogP contribution in [0.1, 0.15) is 0 Å². The molecule has 10 heavy (non-hydrogen) atoms. The number of fused-ring (bicyclic) bond motifs is 1. The van der Waals surface area contributed by atoms with Crippen LogP contribution >= 0.6 is 22.9 Å². The van der Waals surface area contributed by atoms with E-state index in [1.54, 1.807) is 7.11 Å². The quantitative estimate of drug-likeness (QED) is 0.541. The number of hydrogen-bond acceptors (Lipinski definition) is 2. The Morgan fingerprint density at radius 1 is 1.50 bits per heavy atom. The van der Waals surface area contributed by atoms with E-state index in [0.717, 1.165) is 24.4 Å². The van der Waals surface area contributed by atoms with Gasteiger partial charge in [0.25, 0.3) is 0 Å². The Morgan fingerprint density at radius 3 is 2.60 bits per heavy atom. The average molecular weight is 253 g/mol. The molecule has 1 saturated carbocycles. The van der Waals surface area contributed by atoms with Gasteiger partial charge in [0.05, 0.1) is 0 Å². The van der Waals surface area contributed by atoms with Gasteiger partial charge in [0.2, 0.25) is 0 Å². The number of methoxy groups -OCH3 is 1. The van der Waals surface area contributed by atoms with Gasteiger partial charge in [0, 0.05) is 49.7 Å². The van der Waals surface area contributed by atoms with Crippen LogP contribution in [-0.2, 0) is 4.74 Å². The Labute approximate surface area is 75.4 Å². The maximum absolute atomic E-state index is 5.12. The SMILES string of the molecule is COC[C@H]1[C@H]2CN(I)C[C@@H]12. The molecule has 2 aliphatic rings. The van der Waals surface area contributed by atoms with Crippen molar-refractivity contribution in [3.63, 3.8) is 0 Å². The standard InChI is InChI=1S/C7H12INO/c1-10-4-7-5-2-9(8)3-6(5)7/h5-7H,2-4H2,1H3/t5-,6+,7-. The Hall–Kier alpha value is 0.650. The summed E-state index contributed by atoms with van der Waals surface area (Å²) in [7, 11) is 1.80. The first-order valence-electron chi connectivity index (χ1n) is 3.72. The molecular formula is C7H12INO. The second-order valence-electron chi connectivity index (χ2n) is 3.27. The second kappa shape index (κ2) is 2.60. The molecule has 1 aliphatic heterocycles. The van der Waals surface area contributed by atoms with Crippen LogP contribution in [-0.4, -0.2) is 29.9 Å². The second-order valence-corrected chi connectivity index (χ2v) is 4.64. The van der Waals surface area contributed by atoms with E-state index in [-0.39, 0.29) is 0 Å². The highest BCUT2D eigenvalue weighted by Crippen LogP contribution is 2.52. The topological polar surface area (TPSA) is 12.5 Å². The number of rotatable bonds is 2. The maximum Gasteiger partial charge on any atom is 0.0496 e. The highest BCUT2D eigenvalue weighted by atomic mass is 127. The van der Waals surface area contributed by atoms with Crippen LogP contribution in [0.5, 0.6) is 0 Å². The molecule has 2 fully saturated rings. The molecule has 0 unspecified atom stereocenters. The molecule has 0 aromatic rings. The first-order chi connectivity index (χ1) is 4.83. The van der Waals surface area contributed by atoms with Crippen molar-refractivity contribution in [1.82, 2.24) is 3.11 Å². The molecule has 0 bridgehead atoms. The van der Waals surface area contributed by atoms with Crippen LogP contribution in [0.2, 0.25) is 0 Å². The van der Waals surface area contributed by atoms with Gasteiger partial charge >= 0.3 is 0 Å². The van der Waals surface area contributed by atoms with Crippen molar-refractivity contribution in [2.45, 2.75) is 0 Å². The zero-order valence-corrected chi connectivity index (χ0v) is 8.24. The molecule has 0 aromatic heterocycles. The fourth-order valence-corrected chi connectivity index (χ4v) is 2.95. The van der Waals surface area contributed by atoms with Crippen molar-refractivity contribution in [3.8, 4) is 0 Å². The molecule has 1 aliphatic carbocycles. The number of piperidine rings is 1. The lowest BCUT2D eigenvalue weighted by atomic mass is 10.3. The van der Waals surface area contributed by atoms with E-state index < -0.39 is 0 Å². The summed E-state index contributed by atoms with van der Waals surface area (Å²) in [6.45, 7) is 3.57. The van der Waals surface area contributed by atoms with Crippen molar-refractivity contribution < 1.29 is 4.74 Å². The predicted octanol–water partition coefficient (Wildman–Crippen LogP) is 1.16. The first kappa shape index (κ1) is 7.31. The molecule has 0 radical (unpaired) electrons. The average Bonchev–Trinajstić information content (AvgIpc) is 2.43. The summed E-state index contributed by atoms with van der Waals surface area (Å²) in [6.07, 6.45) is 0. The summed E-state index contributed by atoms with van der Waals surface area (Å²) >= 11 is 2.41. The zero-order chi connectivity index (χ0) is 7.14. The Morgan fingerprint density at radius 2 is 2.10 bits per heavy atom. The summed E-state index contributed by atoms with van der Waals surface area (Å²) in [5, 5.41) is 0. The largest absolute Gasteiger partial charge is 0.384 e. The summed E-state index contributed by atoms with van der Waals surface area (Å²) in [5.41, 5.74) is 0. The third-order valence-electron chi connectivity index (χ3n) is 2.69. The molecule has 1 saturated heterocycles. The maximum atomic E-state index is 5.12. The van der Waals surface area contributed by atoms with Crippen LogP contribution in [0, 0.1) is 17.8 Å². The molecule has 3 atom stereocenters. The summed E-state index contributed by atoms with van der Waals surface area (Å²) in [4.78, 5) is 0. The van der Waals surface area contributed by atoms with E-state index in [1.165, 1.54) is 13.1 Å². The summed E-state index contributed by atoms with van der Waals surface area (Å²) in [5.74, 6) is 2.84. The zero-order valence-electron chi connectivity index (χ0n) is 6.09. The molecule has 0 N–H and O–H groups in total. The van der Waals surface area contributed by atoms with Gasteiger partial charge in [-0.05, 0) is 17.8 Å². The van der Waals surface area contributed by atoms with Crippen LogP contribution in [0.4, 0.5) is 0 Å². The van der Waals surface area contributed by atoms with Crippen LogP contribution in [0.25, 0.3) is 0 Å². The van der Waals surface area contributed by atoms with Gasteiger partial charge in [-0.2, -0.15) is 0 Å². The van der Waals surface area contributed by atoms with Gasteiger partial charge in [-0.25, -0.2) is 3.11 Å². The van der Waals surface area contributed by atoms with E-state index in [9.17, 15) is 0 Å². The molecule has 3 heteroatoms. The fraction of sp³-hybridized carbons (Fsp3) is 1.00. The Kier molecular flexibility index (Phi) is 1.90. The Bertz CT molecular complexity index is 123. The van der Waals surface area contributed by atoms with Crippen molar-refractivity contribution in [2.24, 2.45) is 17.8 Å². The molecule has 2 rings (SSSR count). The lowest BCUT2D eigenvalue weighted by Gasteiger charge is -2.09. The minimum atomic E-state index is 0.899. The van der Waals surface area contributed by atoms with Gasteiger partial charge in [-0.3, -0.25) is 0 Å². The number of ether oxygens (including phenoxy) is 1. The minimum absolute atomic E-state index is 0.899. The number of nitrogens with zero attached hydrogens (tertiary/aromatic N) is 1. The number of hydrogen-bond donors (Lipinski definition) is 0. The van der Waals surface area contributed by atoms with Gasteiger partial charge in [-0.1, -0.05) is 0 Å². The van der Waals surface area contributed by atoms with Gasteiger partial charge < -0.3 is 4.74 Å². The van der Waals surface area contributed by atoms with Gasteiger partial charge in [-0.15, -0.1) is 0 Å². The molecule has 0 spiro atoms. The Balaban J connectivity index is 1.81. The monoisotopic (exact) mass is 253 g/mol. The molecule has 1 heterocycles. The van der Waals surface area contributed by atoms with E-state index in [4.69, 9.17) is 4.74 Å². The lowest BCUT2D eigenvalue weighted by Crippen LogP contribution is -2.14. The van der Waals surface area contributed by atoms with E-state index >= 15 is 0 Å². The smallest absolute Gasteiger partial charge is 0.0496 e. The molecular weight excluding hydrogens is 241 g/mol. The minimum Gasteiger partial charge on any atom is -0.384 e. The third kappa shape index (κ3) is 1.08. The van der Waals surface area contributed by atoms with Crippen molar-refractivity contribution in [3.05, 3.63) is 0 Å². The highest BCUT2D eigenvalue weighted by Gasteiger charge is 2.54. The highest BCUT2D eigenvalue weighted by molar-refractivity contribution is 14.1. The van der Waals surface area contributed by atoms with E-state index in [1.807, 2.05) is 0 Å². The van der Waals surface area contributed by atoms with E-state index in [0.29, 0.717) is 0 Å². The number of halogens is 1. The van der Waals surface area contributed by atoms with Crippen LogP contribution in [0.3, 0.4) is 0 Å². The fourth-order valence-electron chi connectivity index (χ4n) is 2.04. The molecule has 2 nitrogen and oxygen atoms in total. The predicted molar refractivity (Wildman–Crippen MR) is 47.9 cm³/mol. The van der Waals surface area contributed by atoms with Crippen molar-refractivity contribution in [2.75, 3.05) is 26.8 Å². The van der Waals surface area contributed by atoms with Crippen molar-refractivity contribution >= 4 is 22.9 Å². The summed E-state index contributed by atoms with van der Waals surface area (Å²) < 4.78 is 7.50. The molecule has 58 valence electrons. The van der Waals surface area contributed by atoms with Gasteiger partial charge in [0.1, 0.15) is 0 Å². The van der Waals surface area contributed by atoms with Gasteiger partial charge in [0.15, 0.2) is 0 Å². The van der Waals surface area contributed by atoms with Crippen LogP contribution in [0.15, 0.2) is 0 Å². The third-order valence-corrected chi connectivity index (χ3v) is 3.47. The van der Waals surface area contributed by atoms with E-state index in [2.05, 4.69) is 26.0 Å². The molecule has 0 aromatic carbocycles. The van der Waals surface area contributed by atoms with Crippen LogP contribution < -0.4 is 0 Å².